The standard InChI is InChI=1S/C16H18N4O4/c1-11-18-14(24-19-11)6-3-7-17-15(21)12-4-2-5-13(10-12)20-8-9-23-16(20)22/h2,4-5,10H,3,6-9H2,1H3,(H,17,21). The number of hydrogen-bond acceptors (Lipinski definition) is 6. The largest absolute Gasteiger partial charge is 0.447 e. The van der Waals surface area contributed by atoms with Gasteiger partial charge in [0.25, 0.3) is 5.91 Å². The molecule has 2 heterocycles. The van der Waals surface area contributed by atoms with E-state index in [9.17, 15) is 9.59 Å². The number of ether oxygens (including phenoxy) is 1. The van der Waals surface area contributed by atoms with Gasteiger partial charge in [0.1, 0.15) is 6.61 Å². The minimum atomic E-state index is -0.387. The van der Waals surface area contributed by atoms with E-state index >= 15 is 0 Å². The molecule has 1 fully saturated rings. The second kappa shape index (κ2) is 7.12. The Morgan fingerprint density at radius 1 is 1.42 bits per heavy atom. The summed E-state index contributed by atoms with van der Waals surface area (Å²) >= 11 is 0. The van der Waals surface area contributed by atoms with Crippen LogP contribution in [-0.2, 0) is 11.2 Å². The number of carbonyl (C=O) groups excluding carboxylic acids is 2. The maximum atomic E-state index is 12.2. The third-order valence-electron chi connectivity index (χ3n) is 3.60. The molecule has 1 aliphatic rings. The summed E-state index contributed by atoms with van der Waals surface area (Å²) in [5.41, 5.74) is 1.16. The minimum absolute atomic E-state index is 0.189. The van der Waals surface area contributed by atoms with Crippen LogP contribution >= 0.6 is 0 Å². The van der Waals surface area contributed by atoms with Gasteiger partial charge in [-0.3, -0.25) is 9.69 Å². The number of hydrogen-bond donors (Lipinski definition) is 1. The van der Waals surface area contributed by atoms with Gasteiger partial charge >= 0.3 is 6.09 Å². The zero-order chi connectivity index (χ0) is 16.9. The van der Waals surface area contributed by atoms with Crippen LogP contribution in [-0.4, -0.2) is 41.8 Å². The van der Waals surface area contributed by atoms with Gasteiger partial charge in [0, 0.05) is 24.2 Å². The number of cyclic esters (lactones) is 1. The topological polar surface area (TPSA) is 97.6 Å². The molecule has 8 heteroatoms. The highest BCUT2D eigenvalue weighted by atomic mass is 16.6. The van der Waals surface area contributed by atoms with Crippen molar-refractivity contribution in [3.05, 3.63) is 41.5 Å². The first kappa shape index (κ1) is 16.0. The Bertz CT molecular complexity index is 743. The normalized spacial score (nSPS) is 13.9. The van der Waals surface area contributed by atoms with Gasteiger partial charge in [0.2, 0.25) is 5.89 Å². The number of aryl methyl sites for hydroxylation is 2. The highest BCUT2D eigenvalue weighted by molar-refractivity contribution is 5.97. The van der Waals surface area contributed by atoms with Gasteiger partial charge in [-0.05, 0) is 31.5 Å². The molecule has 3 rings (SSSR count). The summed E-state index contributed by atoms with van der Waals surface area (Å²) < 4.78 is 9.93. The molecule has 1 aliphatic heterocycles. The van der Waals surface area contributed by atoms with Crippen LogP contribution in [0.3, 0.4) is 0 Å². The van der Waals surface area contributed by atoms with Gasteiger partial charge < -0.3 is 14.6 Å². The third-order valence-corrected chi connectivity index (χ3v) is 3.60. The van der Waals surface area contributed by atoms with E-state index in [0.717, 1.165) is 0 Å². The van der Waals surface area contributed by atoms with E-state index in [4.69, 9.17) is 9.26 Å². The molecule has 8 nitrogen and oxygen atoms in total. The Morgan fingerprint density at radius 3 is 3.00 bits per heavy atom. The molecule has 0 bridgehead atoms. The number of anilines is 1. The number of nitrogens with zero attached hydrogens (tertiary/aromatic N) is 3. The maximum Gasteiger partial charge on any atom is 0.414 e. The molecule has 1 aromatic heterocycles. The molecule has 2 aromatic rings. The number of nitrogens with one attached hydrogen (secondary N) is 1. The second-order valence-corrected chi connectivity index (χ2v) is 5.41. The maximum absolute atomic E-state index is 12.2. The smallest absolute Gasteiger partial charge is 0.414 e. The van der Waals surface area contributed by atoms with Crippen LogP contribution in [0.1, 0.15) is 28.5 Å². The molecular formula is C16H18N4O4. The van der Waals surface area contributed by atoms with Crippen LogP contribution in [0.15, 0.2) is 28.8 Å². The lowest BCUT2D eigenvalue weighted by atomic mass is 10.1. The number of carbonyl (C=O) groups is 2. The van der Waals surface area contributed by atoms with Crippen LogP contribution in [0.5, 0.6) is 0 Å². The van der Waals surface area contributed by atoms with Crippen LogP contribution in [0.25, 0.3) is 0 Å². The summed E-state index contributed by atoms with van der Waals surface area (Å²) in [6, 6.07) is 6.92. The summed E-state index contributed by atoms with van der Waals surface area (Å²) in [5.74, 6) is 0.980. The van der Waals surface area contributed by atoms with E-state index in [1.54, 1.807) is 31.2 Å². The van der Waals surface area contributed by atoms with Gasteiger partial charge in [0.05, 0.1) is 6.54 Å². The van der Waals surface area contributed by atoms with Gasteiger partial charge in [-0.2, -0.15) is 4.98 Å². The van der Waals surface area contributed by atoms with E-state index in [0.29, 0.717) is 55.5 Å². The zero-order valence-electron chi connectivity index (χ0n) is 13.3. The molecule has 0 unspecified atom stereocenters. The molecule has 0 saturated carbocycles. The van der Waals surface area contributed by atoms with Crippen molar-refractivity contribution in [3.63, 3.8) is 0 Å². The van der Waals surface area contributed by atoms with Crippen LogP contribution < -0.4 is 10.2 Å². The van der Waals surface area contributed by atoms with Crippen molar-refractivity contribution in [2.75, 3.05) is 24.6 Å². The van der Waals surface area contributed by atoms with Crippen molar-refractivity contribution in [1.29, 1.82) is 0 Å². The third kappa shape index (κ3) is 3.70. The fourth-order valence-electron chi connectivity index (χ4n) is 2.43. The molecule has 0 aliphatic carbocycles. The minimum Gasteiger partial charge on any atom is -0.447 e. The molecule has 2 amide bonds. The Labute approximate surface area is 138 Å². The van der Waals surface area contributed by atoms with Crippen molar-refractivity contribution >= 4 is 17.7 Å². The van der Waals surface area contributed by atoms with Crippen LogP contribution in [0, 0.1) is 6.92 Å². The van der Waals surface area contributed by atoms with Crippen LogP contribution in [0.4, 0.5) is 10.5 Å². The molecule has 1 N–H and O–H groups in total. The van der Waals surface area contributed by atoms with E-state index in [1.807, 2.05) is 0 Å². The molecule has 24 heavy (non-hydrogen) atoms. The predicted molar refractivity (Wildman–Crippen MR) is 84.8 cm³/mol. The van der Waals surface area contributed by atoms with Crippen molar-refractivity contribution in [1.82, 2.24) is 15.5 Å². The van der Waals surface area contributed by atoms with E-state index < -0.39 is 0 Å². The number of amides is 2. The Balaban J connectivity index is 1.52. The average Bonchev–Trinajstić information content (AvgIpc) is 3.20. The van der Waals surface area contributed by atoms with Gasteiger partial charge in [-0.15, -0.1) is 0 Å². The Kier molecular flexibility index (Phi) is 4.74. The average molecular weight is 330 g/mol. The van der Waals surface area contributed by atoms with E-state index in [-0.39, 0.29) is 12.0 Å². The molecule has 0 atom stereocenters. The molecule has 1 aromatic carbocycles. The molecule has 1 saturated heterocycles. The summed E-state index contributed by atoms with van der Waals surface area (Å²) in [7, 11) is 0. The first-order chi connectivity index (χ1) is 11.6. The number of rotatable bonds is 6. The lowest BCUT2D eigenvalue weighted by molar-refractivity contribution is 0.0953. The van der Waals surface area contributed by atoms with Crippen molar-refractivity contribution in [3.8, 4) is 0 Å². The van der Waals surface area contributed by atoms with Crippen molar-refractivity contribution in [2.24, 2.45) is 0 Å². The lowest BCUT2D eigenvalue weighted by Gasteiger charge is -2.13. The van der Waals surface area contributed by atoms with E-state index in [2.05, 4.69) is 15.5 Å². The molecule has 0 spiro atoms. The molecule has 0 radical (unpaired) electrons. The van der Waals surface area contributed by atoms with Crippen molar-refractivity contribution in [2.45, 2.75) is 19.8 Å². The van der Waals surface area contributed by atoms with Gasteiger partial charge in [-0.25, -0.2) is 4.79 Å². The monoisotopic (exact) mass is 330 g/mol. The highest BCUT2D eigenvalue weighted by Crippen LogP contribution is 2.19. The first-order valence-corrected chi connectivity index (χ1v) is 7.75. The van der Waals surface area contributed by atoms with Gasteiger partial charge in [0.15, 0.2) is 5.82 Å². The molecular weight excluding hydrogens is 312 g/mol. The summed E-state index contributed by atoms with van der Waals surface area (Å²) in [5, 5.41) is 6.56. The quantitative estimate of drug-likeness (QED) is 0.810. The summed E-state index contributed by atoms with van der Waals surface area (Å²) in [6.45, 7) is 3.12. The summed E-state index contributed by atoms with van der Waals surface area (Å²) in [6.07, 6.45) is 0.925. The highest BCUT2D eigenvalue weighted by Gasteiger charge is 2.24. The second-order valence-electron chi connectivity index (χ2n) is 5.41. The SMILES string of the molecule is Cc1noc(CCCNC(=O)c2cccc(N3CCOC3=O)c2)n1. The van der Waals surface area contributed by atoms with Crippen molar-refractivity contribution < 1.29 is 18.8 Å². The van der Waals surface area contributed by atoms with Gasteiger partial charge in [-0.1, -0.05) is 11.2 Å². The number of benzene rings is 1. The Morgan fingerprint density at radius 2 is 2.29 bits per heavy atom. The lowest BCUT2D eigenvalue weighted by Crippen LogP contribution is -2.26. The van der Waals surface area contributed by atoms with E-state index in [1.165, 1.54) is 4.90 Å². The predicted octanol–water partition coefficient (Wildman–Crippen LogP) is 1.70. The molecule has 126 valence electrons. The summed E-state index contributed by atoms with van der Waals surface area (Å²) in [4.78, 5) is 29.4. The number of aromatic nitrogens is 2. The Hall–Kier alpha value is -2.90. The zero-order valence-corrected chi connectivity index (χ0v) is 13.3. The fraction of sp³-hybridized carbons (Fsp3) is 0.375. The fourth-order valence-corrected chi connectivity index (χ4v) is 2.43. The van der Waals surface area contributed by atoms with Crippen LogP contribution in [0.2, 0.25) is 0 Å². The first-order valence-electron chi connectivity index (χ1n) is 7.75.